The van der Waals surface area contributed by atoms with Crippen LogP contribution in [0.2, 0.25) is 0 Å². The van der Waals surface area contributed by atoms with Gasteiger partial charge in [-0.3, -0.25) is 9.59 Å². The lowest BCUT2D eigenvalue weighted by Crippen LogP contribution is -2.37. The summed E-state index contributed by atoms with van der Waals surface area (Å²) in [5.74, 6) is 1.16. The molecule has 0 aromatic heterocycles. The Morgan fingerprint density at radius 1 is 1.14 bits per heavy atom. The minimum absolute atomic E-state index is 0.0342. The van der Waals surface area contributed by atoms with Crippen LogP contribution in [0.4, 0.5) is 5.69 Å². The average molecular weight is 320 g/mol. The van der Waals surface area contributed by atoms with E-state index in [1.165, 1.54) is 24.6 Å². The molecule has 1 saturated carbocycles. The van der Waals surface area contributed by atoms with Crippen LogP contribution >= 0.6 is 11.8 Å². The van der Waals surface area contributed by atoms with Crippen LogP contribution in [0.1, 0.15) is 31.7 Å². The maximum Gasteiger partial charge on any atom is 0.234 e. The van der Waals surface area contributed by atoms with Gasteiger partial charge in [0.2, 0.25) is 11.8 Å². The van der Waals surface area contributed by atoms with Gasteiger partial charge in [0.1, 0.15) is 0 Å². The molecule has 0 spiro atoms. The van der Waals surface area contributed by atoms with Gasteiger partial charge >= 0.3 is 0 Å². The fraction of sp³-hybridized carbons (Fsp3) is 0.529. The number of hydrogen-bond acceptors (Lipinski definition) is 3. The third-order valence-electron chi connectivity index (χ3n) is 4.01. The average Bonchev–Trinajstić information content (AvgIpc) is 2.87. The molecule has 0 saturated heterocycles. The molecule has 2 N–H and O–H groups in total. The van der Waals surface area contributed by atoms with Gasteiger partial charge in [0.25, 0.3) is 0 Å². The Hall–Kier alpha value is -1.49. The highest BCUT2D eigenvalue weighted by Crippen LogP contribution is 2.24. The van der Waals surface area contributed by atoms with Crippen molar-refractivity contribution in [2.75, 3.05) is 16.8 Å². The zero-order valence-corrected chi connectivity index (χ0v) is 14.0. The molecule has 1 aromatic rings. The number of thioether (sulfide) groups is 1. The molecule has 2 amide bonds. The summed E-state index contributed by atoms with van der Waals surface area (Å²) >= 11 is 1.35. The maximum absolute atomic E-state index is 11.9. The molecule has 0 heterocycles. The van der Waals surface area contributed by atoms with E-state index in [1.807, 2.05) is 31.2 Å². The second-order valence-electron chi connectivity index (χ2n) is 5.99. The SMILES string of the molecule is Cc1ccc(NC(=O)CSCC(=O)N[C@H]2CCC[C@@H]2C)cc1. The second-order valence-corrected chi connectivity index (χ2v) is 6.97. The summed E-state index contributed by atoms with van der Waals surface area (Å²) < 4.78 is 0. The van der Waals surface area contributed by atoms with Crippen molar-refractivity contribution in [2.45, 2.75) is 39.2 Å². The third kappa shape index (κ3) is 5.37. The van der Waals surface area contributed by atoms with Crippen LogP contribution in [-0.2, 0) is 9.59 Å². The van der Waals surface area contributed by atoms with Gasteiger partial charge < -0.3 is 10.6 Å². The molecular weight excluding hydrogens is 296 g/mol. The molecule has 4 nitrogen and oxygen atoms in total. The quantitative estimate of drug-likeness (QED) is 0.847. The summed E-state index contributed by atoms with van der Waals surface area (Å²) in [5, 5.41) is 5.90. The Morgan fingerprint density at radius 3 is 2.45 bits per heavy atom. The van der Waals surface area contributed by atoms with E-state index in [0.29, 0.717) is 23.5 Å². The lowest BCUT2D eigenvalue weighted by Gasteiger charge is -2.16. The first-order chi connectivity index (χ1) is 10.5. The summed E-state index contributed by atoms with van der Waals surface area (Å²) in [6, 6.07) is 7.99. The van der Waals surface area contributed by atoms with Crippen LogP contribution < -0.4 is 10.6 Å². The van der Waals surface area contributed by atoms with E-state index in [1.54, 1.807) is 0 Å². The molecule has 5 heteroatoms. The highest BCUT2D eigenvalue weighted by atomic mass is 32.2. The highest BCUT2D eigenvalue weighted by molar-refractivity contribution is 8.00. The Kier molecular flexibility index (Phi) is 6.31. The smallest absolute Gasteiger partial charge is 0.234 e. The van der Waals surface area contributed by atoms with E-state index in [-0.39, 0.29) is 11.8 Å². The van der Waals surface area contributed by atoms with Crippen LogP contribution in [0.3, 0.4) is 0 Å². The zero-order chi connectivity index (χ0) is 15.9. The summed E-state index contributed by atoms with van der Waals surface area (Å²) in [7, 11) is 0. The van der Waals surface area contributed by atoms with Gasteiger partial charge in [-0.15, -0.1) is 11.8 Å². The minimum Gasteiger partial charge on any atom is -0.352 e. The number of carbonyl (C=O) groups excluding carboxylic acids is 2. The van der Waals surface area contributed by atoms with E-state index in [2.05, 4.69) is 17.6 Å². The van der Waals surface area contributed by atoms with Crippen molar-refractivity contribution >= 4 is 29.3 Å². The molecule has 0 radical (unpaired) electrons. The van der Waals surface area contributed by atoms with Crippen molar-refractivity contribution in [3.63, 3.8) is 0 Å². The first kappa shape index (κ1) is 16.9. The van der Waals surface area contributed by atoms with Gasteiger partial charge in [0, 0.05) is 11.7 Å². The van der Waals surface area contributed by atoms with Crippen molar-refractivity contribution in [1.82, 2.24) is 5.32 Å². The summed E-state index contributed by atoms with van der Waals surface area (Å²) in [5.41, 5.74) is 1.95. The van der Waals surface area contributed by atoms with Crippen molar-refractivity contribution in [2.24, 2.45) is 5.92 Å². The molecule has 1 aromatic carbocycles. The highest BCUT2D eigenvalue weighted by Gasteiger charge is 2.24. The van der Waals surface area contributed by atoms with Crippen molar-refractivity contribution in [1.29, 1.82) is 0 Å². The van der Waals surface area contributed by atoms with Gasteiger partial charge in [-0.1, -0.05) is 31.0 Å². The van der Waals surface area contributed by atoms with E-state index < -0.39 is 0 Å². The zero-order valence-electron chi connectivity index (χ0n) is 13.2. The van der Waals surface area contributed by atoms with Gasteiger partial charge in [0.05, 0.1) is 11.5 Å². The number of anilines is 1. The number of amides is 2. The van der Waals surface area contributed by atoms with Crippen molar-refractivity contribution in [3.8, 4) is 0 Å². The summed E-state index contributed by atoms with van der Waals surface area (Å²) in [4.78, 5) is 23.7. The fourth-order valence-corrected chi connectivity index (χ4v) is 3.31. The Labute approximate surface area is 136 Å². The number of rotatable bonds is 6. The van der Waals surface area contributed by atoms with Gasteiger partial charge in [-0.25, -0.2) is 0 Å². The number of hydrogen-bond donors (Lipinski definition) is 2. The summed E-state index contributed by atoms with van der Waals surface area (Å²) in [6.45, 7) is 4.19. The number of aryl methyl sites for hydroxylation is 1. The monoisotopic (exact) mass is 320 g/mol. The Bertz CT molecular complexity index is 516. The first-order valence-corrected chi connectivity index (χ1v) is 8.93. The standard InChI is InChI=1S/C17H24N2O2S/c1-12-6-8-14(9-7-12)18-16(20)10-22-11-17(21)19-15-5-3-4-13(15)2/h6-9,13,15H,3-5,10-11H2,1-2H3,(H,18,20)(H,19,21)/t13-,15-/m0/s1. The lowest BCUT2D eigenvalue weighted by molar-refractivity contribution is -0.119. The predicted molar refractivity (Wildman–Crippen MR) is 92.1 cm³/mol. The van der Waals surface area contributed by atoms with Crippen molar-refractivity contribution in [3.05, 3.63) is 29.8 Å². The third-order valence-corrected chi connectivity index (χ3v) is 4.94. The van der Waals surface area contributed by atoms with Gasteiger partial charge in [-0.05, 0) is 37.8 Å². The normalized spacial score (nSPS) is 20.6. The molecule has 2 atom stereocenters. The summed E-state index contributed by atoms with van der Waals surface area (Å²) in [6.07, 6.45) is 3.46. The topological polar surface area (TPSA) is 58.2 Å². The molecule has 0 aliphatic heterocycles. The van der Waals surface area contributed by atoms with E-state index >= 15 is 0 Å². The van der Waals surface area contributed by atoms with Crippen LogP contribution in [0.25, 0.3) is 0 Å². The Balaban J connectivity index is 1.64. The first-order valence-electron chi connectivity index (χ1n) is 7.78. The van der Waals surface area contributed by atoms with E-state index in [4.69, 9.17) is 0 Å². The van der Waals surface area contributed by atoms with E-state index in [0.717, 1.165) is 17.7 Å². The number of nitrogens with one attached hydrogen (secondary N) is 2. The number of carbonyl (C=O) groups is 2. The molecule has 0 unspecified atom stereocenters. The largest absolute Gasteiger partial charge is 0.352 e. The van der Waals surface area contributed by atoms with Gasteiger partial charge in [-0.2, -0.15) is 0 Å². The minimum atomic E-state index is -0.0733. The molecule has 1 aliphatic carbocycles. The second kappa shape index (κ2) is 8.22. The molecule has 0 bridgehead atoms. The van der Waals surface area contributed by atoms with E-state index in [9.17, 15) is 9.59 Å². The molecule has 22 heavy (non-hydrogen) atoms. The maximum atomic E-state index is 11.9. The fourth-order valence-electron chi connectivity index (χ4n) is 2.68. The molecule has 1 aliphatic rings. The number of benzene rings is 1. The molecule has 120 valence electrons. The van der Waals surface area contributed by atoms with Crippen LogP contribution in [-0.4, -0.2) is 29.4 Å². The van der Waals surface area contributed by atoms with Crippen molar-refractivity contribution < 1.29 is 9.59 Å². The van der Waals surface area contributed by atoms with Gasteiger partial charge in [0.15, 0.2) is 0 Å². The lowest BCUT2D eigenvalue weighted by atomic mass is 10.1. The molecule has 1 fully saturated rings. The van der Waals surface area contributed by atoms with Crippen LogP contribution in [0, 0.1) is 12.8 Å². The Morgan fingerprint density at radius 2 is 1.82 bits per heavy atom. The van der Waals surface area contributed by atoms with Crippen LogP contribution in [0.5, 0.6) is 0 Å². The van der Waals surface area contributed by atoms with Crippen LogP contribution in [0.15, 0.2) is 24.3 Å². The molecular formula is C17H24N2O2S. The predicted octanol–water partition coefficient (Wildman–Crippen LogP) is 2.97. The molecule has 2 rings (SSSR count).